The first kappa shape index (κ1) is 20.7. The molecule has 2 aliphatic heterocycles. The Balaban J connectivity index is 1.63. The van der Waals surface area contributed by atoms with Crippen molar-refractivity contribution in [1.29, 1.82) is 0 Å². The zero-order valence-corrected chi connectivity index (χ0v) is 18.9. The van der Waals surface area contributed by atoms with Gasteiger partial charge >= 0.3 is 0 Å². The van der Waals surface area contributed by atoms with Crippen molar-refractivity contribution < 1.29 is 19.1 Å². The van der Waals surface area contributed by atoms with E-state index in [1.54, 1.807) is 18.2 Å². The topological polar surface area (TPSA) is 68.7 Å². The summed E-state index contributed by atoms with van der Waals surface area (Å²) in [5.41, 5.74) is 2.29. The Kier molecular flexibility index (Phi) is 5.03. The summed E-state index contributed by atoms with van der Waals surface area (Å²) in [6.07, 6.45) is 3.02. The number of pyridine rings is 1. The van der Waals surface area contributed by atoms with Gasteiger partial charge in [-0.25, -0.2) is 4.98 Å². The van der Waals surface area contributed by atoms with Crippen LogP contribution in [0, 0.1) is 24.7 Å². The molecule has 0 radical (unpaired) electrons. The molecule has 1 amide bonds. The molecule has 1 aromatic heterocycles. The number of methoxy groups -OCH3 is 1. The highest BCUT2D eigenvalue weighted by molar-refractivity contribution is 6.17. The second kappa shape index (κ2) is 7.76. The second-order valence-corrected chi connectivity index (χ2v) is 9.34. The summed E-state index contributed by atoms with van der Waals surface area (Å²) < 4.78 is 11.6. The highest BCUT2D eigenvalue weighted by Crippen LogP contribution is 2.49. The third kappa shape index (κ3) is 3.20. The van der Waals surface area contributed by atoms with E-state index in [4.69, 9.17) is 9.47 Å². The van der Waals surface area contributed by atoms with Crippen LogP contribution in [0.2, 0.25) is 0 Å². The summed E-state index contributed by atoms with van der Waals surface area (Å²) >= 11 is 0. The van der Waals surface area contributed by atoms with Crippen LogP contribution in [0.5, 0.6) is 5.75 Å². The quantitative estimate of drug-likeness (QED) is 0.720. The number of ketones is 1. The number of rotatable bonds is 3. The van der Waals surface area contributed by atoms with Crippen LogP contribution in [0.1, 0.15) is 43.9 Å². The number of aromatic nitrogens is 1. The second-order valence-electron chi connectivity index (χ2n) is 9.34. The zero-order chi connectivity index (χ0) is 22.6. The first-order valence-electron chi connectivity index (χ1n) is 11.2. The monoisotopic (exact) mass is 432 g/mol. The molecule has 32 heavy (non-hydrogen) atoms. The van der Waals surface area contributed by atoms with Gasteiger partial charge in [0.2, 0.25) is 0 Å². The highest BCUT2D eigenvalue weighted by atomic mass is 16.5. The molecule has 1 aromatic carbocycles. The van der Waals surface area contributed by atoms with Gasteiger partial charge < -0.3 is 9.47 Å². The molecule has 3 heterocycles. The largest absolute Gasteiger partial charge is 0.497 e. The minimum absolute atomic E-state index is 0.0410. The van der Waals surface area contributed by atoms with Gasteiger partial charge in [-0.05, 0) is 67.0 Å². The minimum Gasteiger partial charge on any atom is -0.497 e. The average Bonchev–Trinajstić information content (AvgIpc) is 3.08. The molecule has 6 heteroatoms. The van der Waals surface area contributed by atoms with Crippen molar-refractivity contribution in [2.24, 2.45) is 17.8 Å². The lowest BCUT2D eigenvalue weighted by Crippen LogP contribution is -2.43. The molecule has 3 aliphatic rings. The zero-order valence-electron chi connectivity index (χ0n) is 18.9. The van der Waals surface area contributed by atoms with Crippen molar-refractivity contribution in [2.75, 3.05) is 12.0 Å². The number of carbonyl (C=O) groups is 2. The standard InChI is InChI=1S/C26H28N2O4/c1-14-9-10-27-21(11-14)28-23(17-5-7-18(31-4)8-6-17)22-24(29)19-12-15(2)16(3)13-20(19)32-25(22)26(28)30/h5-11,15-16,19-20,23H,12-13H2,1-4H3. The molecule has 0 bridgehead atoms. The van der Waals surface area contributed by atoms with Crippen LogP contribution in [-0.2, 0) is 14.3 Å². The predicted octanol–water partition coefficient (Wildman–Crippen LogP) is 4.39. The number of ether oxygens (including phenoxy) is 2. The van der Waals surface area contributed by atoms with Crippen LogP contribution < -0.4 is 9.64 Å². The Bertz CT molecular complexity index is 1110. The number of carbonyl (C=O) groups excluding carboxylic acids is 2. The molecular weight excluding hydrogens is 404 g/mol. The Morgan fingerprint density at radius 2 is 1.78 bits per heavy atom. The lowest BCUT2D eigenvalue weighted by atomic mass is 9.70. The van der Waals surface area contributed by atoms with Gasteiger partial charge in [-0.2, -0.15) is 0 Å². The molecule has 1 fully saturated rings. The van der Waals surface area contributed by atoms with Crippen LogP contribution in [0.4, 0.5) is 5.82 Å². The van der Waals surface area contributed by atoms with Crippen LogP contribution in [0.25, 0.3) is 0 Å². The Labute approximate surface area is 188 Å². The molecule has 0 N–H and O–H groups in total. The number of Topliss-reactive ketones (excluding diaryl/α,β-unsaturated/α-hetero) is 1. The lowest BCUT2D eigenvalue weighted by Gasteiger charge is -2.40. The molecule has 5 atom stereocenters. The summed E-state index contributed by atoms with van der Waals surface area (Å²) in [6.45, 7) is 6.35. The summed E-state index contributed by atoms with van der Waals surface area (Å²) in [4.78, 5) is 33.6. The highest BCUT2D eigenvalue weighted by Gasteiger charge is 2.54. The lowest BCUT2D eigenvalue weighted by molar-refractivity contribution is -0.134. The molecule has 0 spiro atoms. The van der Waals surface area contributed by atoms with Crippen molar-refractivity contribution in [3.63, 3.8) is 0 Å². The van der Waals surface area contributed by atoms with E-state index in [0.717, 1.165) is 24.0 Å². The number of fused-ring (bicyclic) bond motifs is 1. The van der Waals surface area contributed by atoms with Crippen molar-refractivity contribution in [3.05, 3.63) is 65.1 Å². The molecular formula is C26H28N2O4. The third-order valence-corrected chi connectivity index (χ3v) is 7.29. The van der Waals surface area contributed by atoms with E-state index < -0.39 is 6.04 Å². The number of aryl methyl sites for hydroxylation is 1. The number of nitrogens with zero attached hydrogens (tertiary/aromatic N) is 2. The van der Waals surface area contributed by atoms with Gasteiger partial charge in [-0.1, -0.05) is 26.0 Å². The molecule has 2 aromatic rings. The molecule has 6 nitrogen and oxygen atoms in total. The SMILES string of the molecule is COc1ccc(C2C3=C(OC4CC(C)C(C)CC4C3=O)C(=O)N2c2cc(C)ccn2)cc1. The maximum Gasteiger partial charge on any atom is 0.295 e. The van der Waals surface area contributed by atoms with Gasteiger partial charge in [-0.3, -0.25) is 14.5 Å². The van der Waals surface area contributed by atoms with Gasteiger partial charge in [-0.15, -0.1) is 0 Å². The molecule has 0 saturated heterocycles. The Morgan fingerprint density at radius 1 is 1.06 bits per heavy atom. The average molecular weight is 433 g/mol. The number of anilines is 1. The molecule has 5 rings (SSSR count). The fraction of sp³-hybridized carbons (Fsp3) is 0.423. The van der Waals surface area contributed by atoms with Crippen molar-refractivity contribution in [3.8, 4) is 5.75 Å². The van der Waals surface area contributed by atoms with E-state index in [-0.39, 0.29) is 29.5 Å². The van der Waals surface area contributed by atoms with E-state index in [1.165, 1.54) is 0 Å². The summed E-state index contributed by atoms with van der Waals surface area (Å²) in [7, 11) is 1.61. The normalized spacial score (nSPS) is 29.5. The van der Waals surface area contributed by atoms with E-state index >= 15 is 0 Å². The van der Waals surface area contributed by atoms with E-state index in [0.29, 0.717) is 29.0 Å². The van der Waals surface area contributed by atoms with E-state index in [2.05, 4.69) is 18.8 Å². The summed E-state index contributed by atoms with van der Waals surface area (Å²) in [5, 5.41) is 0. The number of hydrogen-bond donors (Lipinski definition) is 0. The van der Waals surface area contributed by atoms with Crippen LogP contribution in [-0.4, -0.2) is 29.9 Å². The van der Waals surface area contributed by atoms with Crippen molar-refractivity contribution in [1.82, 2.24) is 4.98 Å². The number of benzene rings is 1. The van der Waals surface area contributed by atoms with Crippen LogP contribution in [0.15, 0.2) is 53.9 Å². The van der Waals surface area contributed by atoms with Gasteiger partial charge in [0.25, 0.3) is 5.91 Å². The van der Waals surface area contributed by atoms with Crippen molar-refractivity contribution in [2.45, 2.75) is 45.8 Å². The smallest absolute Gasteiger partial charge is 0.295 e. The van der Waals surface area contributed by atoms with Crippen molar-refractivity contribution >= 4 is 17.5 Å². The number of amides is 1. The van der Waals surface area contributed by atoms with Crippen LogP contribution in [0.3, 0.4) is 0 Å². The Morgan fingerprint density at radius 3 is 2.47 bits per heavy atom. The van der Waals surface area contributed by atoms with Gasteiger partial charge in [0.1, 0.15) is 17.7 Å². The van der Waals surface area contributed by atoms with Gasteiger partial charge in [0.05, 0.1) is 24.6 Å². The summed E-state index contributed by atoms with van der Waals surface area (Å²) in [6, 6.07) is 10.7. The van der Waals surface area contributed by atoms with Gasteiger partial charge in [0, 0.05) is 6.20 Å². The predicted molar refractivity (Wildman–Crippen MR) is 120 cm³/mol. The third-order valence-electron chi connectivity index (χ3n) is 7.29. The Hall–Kier alpha value is -3.15. The van der Waals surface area contributed by atoms with Gasteiger partial charge in [0.15, 0.2) is 11.5 Å². The molecule has 1 saturated carbocycles. The van der Waals surface area contributed by atoms with E-state index in [1.807, 2.05) is 43.3 Å². The fourth-order valence-corrected chi connectivity index (χ4v) is 5.25. The summed E-state index contributed by atoms with van der Waals surface area (Å²) in [5.74, 6) is 1.87. The molecule has 5 unspecified atom stereocenters. The maximum absolute atomic E-state index is 13.8. The minimum atomic E-state index is -0.569. The molecule has 1 aliphatic carbocycles. The first-order valence-corrected chi connectivity index (χ1v) is 11.2. The fourth-order valence-electron chi connectivity index (χ4n) is 5.25. The van der Waals surface area contributed by atoms with E-state index in [9.17, 15) is 9.59 Å². The number of hydrogen-bond acceptors (Lipinski definition) is 5. The first-order chi connectivity index (χ1) is 15.4. The maximum atomic E-state index is 13.8. The van der Waals surface area contributed by atoms with Crippen LogP contribution >= 0.6 is 0 Å². The molecule has 166 valence electrons.